The van der Waals surface area contributed by atoms with Crippen molar-refractivity contribution in [3.8, 4) is 0 Å². The third-order valence-corrected chi connectivity index (χ3v) is 7.26. The van der Waals surface area contributed by atoms with E-state index in [0.29, 0.717) is 48.9 Å². The smallest absolute Gasteiger partial charge is 0.294 e. The standard InChI is InChI=1S/C21H25ClN4O5S/c1-3-15(2)23-32(30,31)18-7-4-16(5-8-18)21(27)25-12-10-24(11-13-25)19-9-6-17(22)14-20(19)26(28)29/h4-9,14-15,23H,3,10-13H2,1-2H3. The second kappa shape index (κ2) is 9.85. The molecule has 32 heavy (non-hydrogen) atoms. The third-order valence-electron chi connectivity index (χ3n) is 5.42. The van der Waals surface area contributed by atoms with Crippen molar-refractivity contribution in [3.05, 3.63) is 63.2 Å². The summed E-state index contributed by atoms with van der Waals surface area (Å²) in [5.74, 6) is -0.214. The lowest BCUT2D eigenvalue weighted by Gasteiger charge is -2.35. The highest BCUT2D eigenvalue weighted by Gasteiger charge is 2.27. The largest absolute Gasteiger partial charge is 0.362 e. The van der Waals surface area contributed by atoms with Crippen molar-refractivity contribution in [2.75, 3.05) is 31.1 Å². The molecule has 1 unspecified atom stereocenters. The van der Waals surface area contributed by atoms with E-state index in [9.17, 15) is 23.3 Å². The summed E-state index contributed by atoms with van der Waals surface area (Å²) in [7, 11) is -3.64. The molecule has 1 fully saturated rings. The minimum atomic E-state index is -3.64. The first-order chi connectivity index (χ1) is 15.1. The molecule has 2 aromatic rings. The molecule has 2 aromatic carbocycles. The zero-order valence-corrected chi connectivity index (χ0v) is 19.4. The molecule has 1 amide bonds. The third kappa shape index (κ3) is 5.37. The maximum absolute atomic E-state index is 12.9. The molecule has 1 aliphatic heterocycles. The summed E-state index contributed by atoms with van der Waals surface area (Å²) in [6.45, 7) is 5.30. The molecule has 1 N–H and O–H groups in total. The number of anilines is 1. The van der Waals surface area contributed by atoms with Gasteiger partial charge in [-0.1, -0.05) is 18.5 Å². The van der Waals surface area contributed by atoms with Gasteiger partial charge < -0.3 is 9.80 Å². The van der Waals surface area contributed by atoms with E-state index >= 15 is 0 Å². The van der Waals surface area contributed by atoms with Crippen molar-refractivity contribution < 1.29 is 18.1 Å². The number of carbonyl (C=O) groups excluding carboxylic acids is 1. The molecule has 0 radical (unpaired) electrons. The maximum atomic E-state index is 12.9. The van der Waals surface area contributed by atoms with Crippen LogP contribution in [-0.4, -0.2) is 56.4 Å². The Balaban J connectivity index is 1.67. The first kappa shape index (κ1) is 24.0. The van der Waals surface area contributed by atoms with Crippen molar-refractivity contribution in [2.24, 2.45) is 0 Å². The Bertz CT molecular complexity index is 1100. The number of carbonyl (C=O) groups is 1. The topological polar surface area (TPSA) is 113 Å². The summed E-state index contributed by atoms with van der Waals surface area (Å²) in [6.07, 6.45) is 0.668. The number of benzene rings is 2. The molecule has 3 rings (SSSR count). The Morgan fingerprint density at radius 1 is 1.16 bits per heavy atom. The van der Waals surface area contributed by atoms with Gasteiger partial charge in [-0.2, -0.15) is 0 Å². The zero-order chi connectivity index (χ0) is 23.5. The molecule has 172 valence electrons. The van der Waals surface area contributed by atoms with Crippen LogP contribution in [0.1, 0.15) is 30.6 Å². The van der Waals surface area contributed by atoms with Crippen molar-refractivity contribution in [1.82, 2.24) is 9.62 Å². The molecule has 1 aliphatic rings. The minimum Gasteiger partial charge on any atom is -0.362 e. The molecule has 9 nitrogen and oxygen atoms in total. The van der Waals surface area contributed by atoms with Gasteiger partial charge in [-0.05, 0) is 49.7 Å². The van der Waals surface area contributed by atoms with E-state index < -0.39 is 14.9 Å². The second-order valence-corrected chi connectivity index (χ2v) is 9.77. The fraction of sp³-hybridized carbons (Fsp3) is 0.381. The molecule has 0 spiro atoms. The van der Waals surface area contributed by atoms with Crippen LogP contribution in [-0.2, 0) is 10.0 Å². The van der Waals surface area contributed by atoms with Crippen LogP contribution in [0.2, 0.25) is 5.02 Å². The van der Waals surface area contributed by atoms with E-state index in [2.05, 4.69) is 4.72 Å². The van der Waals surface area contributed by atoms with Gasteiger partial charge in [0.2, 0.25) is 10.0 Å². The maximum Gasteiger partial charge on any atom is 0.294 e. The second-order valence-electron chi connectivity index (χ2n) is 7.62. The van der Waals surface area contributed by atoms with Crippen LogP contribution in [0.15, 0.2) is 47.4 Å². The van der Waals surface area contributed by atoms with Gasteiger partial charge in [0, 0.05) is 48.9 Å². The van der Waals surface area contributed by atoms with Gasteiger partial charge in [-0.3, -0.25) is 14.9 Å². The van der Waals surface area contributed by atoms with Crippen LogP contribution in [0.25, 0.3) is 0 Å². The van der Waals surface area contributed by atoms with E-state index in [4.69, 9.17) is 11.6 Å². The van der Waals surface area contributed by atoms with Crippen LogP contribution in [0.5, 0.6) is 0 Å². The van der Waals surface area contributed by atoms with Gasteiger partial charge in [0.15, 0.2) is 0 Å². The fourth-order valence-corrected chi connectivity index (χ4v) is 4.93. The SMILES string of the molecule is CCC(C)NS(=O)(=O)c1ccc(C(=O)N2CCN(c3ccc(Cl)cc3[N+](=O)[O-])CC2)cc1. The molecule has 0 aromatic heterocycles. The van der Waals surface area contributed by atoms with E-state index in [-0.39, 0.29) is 22.5 Å². The molecule has 1 atom stereocenters. The lowest BCUT2D eigenvalue weighted by atomic mass is 10.1. The molecule has 11 heteroatoms. The van der Waals surface area contributed by atoms with Gasteiger partial charge in [0.1, 0.15) is 5.69 Å². The Kier molecular flexibility index (Phi) is 7.37. The number of hydrogen-bond acceptors (Lipinski definition) is 6. The van der Waals surface area contributed by atoms with Crippen molar-refractivity contribution in [1.29, 1.82) is 0 Å². The molecular weight excluding hydrogens is 456 g/mol. The number of amides is 1. The molecular formula is C21H25ClN4O5S. The van der Waals surface area contributed by atoms with E-state index in [0.717, 1.165) is 0 Å². The van der Waals surface area contributed by atoms with Crippen LogP contribution in [0.4, 0.5) is 11.4 Å². The van der Waals surface area contributed by atoms with Crippen LogP contribution in [0.3, 0.4) is 0 Å². The number of nitrogens with one attached hydrogen (secondary N) is 1. The summed E-state index contributed by atoms with van der Waals surface area (Å²) in [5, 5.41) is 11.6. The minimum absolute atomic E-state index is 0.0694. The van der Waals surface area contributed by atoms with Crippen molar-refractivity contribution in [3.63, 3.8) is 0 Å². The number of halogens is 1. The van der Waals surface area contributed by atoms with Crippen molar-refractivity contribution >= 4 is 38.9 Å². The van der Waals surface area contributed by atoms with E-state index in [1.165, 1.54) is 30.3 Å². The average Bonchev–Trinajstić information content (AvgIpc) is 2.78. The lowest BCUT2D eigenvalue weighted by Crippen LogP contribution is -2.49. The number of hydrogen-bond donors (Lipinski definition) is 1. The molecule has 0 saturated carbocycles. The quantitative estimate of drug-likeness (QED) is 0.480. The summed E-state index contributed by atoms with van der Waals surface area (Å²) in [6, 6.07) is 10.2. The normalized spacial score (nSPS) is 15.5. The molecule has 1 heterocycles. The Morgan fingerprint density at radius 3 is 2.34 bits per heavy atom. The zero-order valence-electron chi connectivity index (χ0n) is 17.8. The number of piperazine rings is 1. The predicted molar refractivity (Wildman–Crippen MR) is 123 cm³/mol. The number of nitrogens with zero attached hydrogens (tertiary/aromatic N) is 3. The summed E-state index contributed by atoms with van der Waals surface area (Å²) >= 11 is 5.89. The number of sulfonamides is 1. The van der Waals surface area contributed by atoms with Gasteiger partial charge >= 0.3 is 0 Å². The Labute approximate surface area is 192 Å². The first-order valence-electron chi connectivity index (χ1n) is 10.2. The molecule has 1 saturated heterocycles. The first-order valence-corrected chi connectivity index (χ1v) is 12.1. The van der Waals surface area contributed by atoms with Crippen LogP contribution >= 0.6 is 11.6 Å². The Morgan fingerprint density at radius 2 is 1.78 bits per heavy atom. The highest BCUT2D eigenvalue weighted by atomic mass is 35.5. The van der Waals surface area contributed by atoms with Crippen LogP contribution in [0, 0.1) is 10.1 Å². The number of nitro groups is 1. The Hall–Kier alpha value is -2.69. The number of rotatable bonds is 7. The predicted octanol–water partition coefficient (Wildman–Crippen LogP) is 3.29. The summed E-state index contributed by atoms with van der Waals surface area (Å²) in [5.41, 5.74) is 0.786. The van der Waals surface area contributed by atoms with Gasteiger partial charge in [-0.15, -0.1) is 0 Å². The molecule has 0 bridgehead atoms. The number of nitro benzene ring substituents is 1. The van der Waals surface area contributed by atoms with E-state index in [1.54, 1.807) is 24.0 Å². The van der Waals surface area contributed by atoms with Crippen LogP contribution < -0.4 is 9.62 Å². The fourth-order valence-electron chi connectivity index (χ4n) is 3.44. The van der Waals surface area contributed by atoms with E-state index in [1.807, 2.05) is 11.8 Å². The van der Waals surface area contributed by atoms with Crippen molar-refractivity contribution in [2.45, 2.75) is 31.2 Å². The summed E-state index contributed by atoms with van der Waals surface area (Å²) in [4.78, 5) is 27.4. The highest BCUT2D eigenvalue weighted by molar-refractivity contribution is 7.89. The highest BCUT2D eigenvalue weighted by Crippen LogP contribution is 2.31. The molecule has 0 aliphatic carbocycles. The lowest BCUT2D eigenvalue weighted by molar-refractivity contribution is -0.384. The van der Waals surface area contributed by atoms with Gasteiger partial charge in [-0.25, -0.2) is 13.1 Å². The summed E-state index contributed by atoms with van der Waals surface area (Å²) < 4.78 is 27.4. The average molecular weight is 481 g/mol. The van der Waals surface area contributed by atoms with Gasteiger partial charge in [0.25, 0.3) is 11.6 Å². The van der Waals surface area contributed by atoms with Gasteiger partial charge in [0.05, 0.1) is 9.82 Å². The monoisotopic (exact) mass is 480 g/mol.